The largest absolute Gasteiger partial charge is 0.293 e. The Morgan fingerprint density at radius 2 is 1.93 bits per heavy atom. The van der Waals surface area contributed by atoms with Gasteiger partial charge in [-0.2, -0.15) is 0 Å². The monoisotopic (exact) mass is 454 g/mol. The van der Waals surface area contributed by atoms with Crippen molar-refractivity contribution >= 4 is 55.6 Å². The van der Waals surface area contributed by atoms with Crippen LogP contribution in [0.2, 0.25) is 0 Å². The summed E-state index contributed by atoms with van der Waals surface area (Å²) >= 11 is 2.62. The maximum absolute atomic E-state index is 12.7. The van der Waals surface area contributed by atoms with E-state index in [-0.39, 0.29) is 17.7 Å². The van der Waals surface area contributed by atoms with E-state index < -0.39 is 15.3 Å². The summed E-state index contributed by atoms with van der Waals surface area (Å²) in [7, 11) is -3.36. The predicted molar refractivity (Wildman–Crippen MR) is 115 cm³/mol. The van der Waals surface area contributed by atoms with Crippen molar-refractivity contribution in [3.8, 4) is 0 Å². The lowest BCUT2D eigenvalue weighted by Crippen LogP contribution is -2.32. The molecular weight excluding hydrogens is 432 g/mol. The molecule has 11 heteroatoms. The van der Waals surface area contributed by atoms with Crippen LogP contribution in [0.15, 0.2) is 28.6 Å². The zero-order chi connectivity index (χ0) is 21.2. The minimum Gasteiger partial charge on any atom is -0.293 e. The number of carbonyl (C=O) groups excluding carboxylic acids is 2. The van der Waals surface area contributed by atoms with Crippen LogP contribution < -0.4 is 9.62 Å². The van der Waals surface area contributed by atoms with Crippen molar-refractivity contribution in [1.29, 1.82) is 0 Å². The van der Waals surface area contributed by atoms with Gasteiger partial charge >= 0.3 is 0 Å². The van der Waals surface area contributed by atoms with E-state index in [1.165, 1.54) is 23.1 Å². The van der Waals surface area contributed by atoms with E-state index in [0.29, 0.717) is 27.1 Å². The molecule has 0 saturated heterocycles. The molecule has 1 fully saturated rings. The summed E-state index contributed by atoms with van der Waals surface area (Å²) in [5, 5.41) is 8.48. The highest BCUT2D eigenvalue weighted by molar-refractivity contribution is 8.02. The molecule has 1 saturated carbocycles. The molecule has 1 heterocycles. The maximum atomic E-state index is 12.7. The van der Waals surface area contributed by atoms with Gasteiger partial charge in [-0.25, -0.2) is 8.42 Å². The first-order valence-corrected chi connectivity index (χ1v) is 12.7. The molecule has 29 heavy (non-hydrogen) atoms. The Kier molecular flexibility index (Phi) is 6.59. The Labute approximate surface area is 178 Å². The molecule has 1 atom stereocenters. The number of benzene rings is 1. The molecule has 8 nitrogen and oxygen atoms in total. The molecule has 1 aromatic heterocycles. The highest BCUT2D eigenvalue weighted by Gasteiger charge is 2.35. The summed E-state index contributed by atoms with van der Waals surface area (Å²) in [5.41, 5.74) is 0.883. The van der Waals surface area contributed by atoms with Gasteiger partial charge in [-0.3, -0.25) is 19.2 Å². The normalized spacial score (nSPS) is 15.0. The van der Waals surface area contributed by atoms with Gasteiger partial charge in [0.15, 0.2) is 10.1 Å². The molecule has 1 aromatic carbocycles. The van der Waals surface area contributed by atoms with E-state index in [1.54, 1.807) is 36.1 Å². The predicted octanol–water partition coefficient (Wildman–Crippen LogP) is 3.18. The number of hydrogen-bond donors (Lipinski definition) is 1. The number of nitrogens with one attached hydrogen (secondary N) is 1. The lowest BCUT2D eigenvalue weighted by atomic mass is 10.1. The number of anilines is 2. The zero-order valence-electron chi connectivity index (χ0n) is 16.3. The number of thioether (sulfide) groups is 1. The minimum absolute atomic E-state index is 0.0344. The van der Waals surface area contributed by atoms with Gasteiger partial charge in [-0.1, -0.05) is 30.0 Å². The zero-order valence-corrected chi connectivity index (χ0v) is 18.7. The summed E-state index contributed by atoms with van der Waals surface area (Å²) in [6, 6.07) is 6.50. The number of sulfonamides is 1. The molecule has 1 amide bonds. The van der Waals surface area contributed by atoms with Crippen molar-refractivity contribution in [3.63, 3.8) is 0 Å². The molecular formula is C18H22N4O4S3. The number of amides is 1. The lowest BCUT2D eigenvalue weighted by Gasteiger charge is -2.17. The van der Waals surface area contributed by atoms with Crippen molar-refractivity contribution in [2.45, 2.75) is 48.7 Å². The van der Waals surface area contributed by atoms with Crippen LogP contribution in [0, 0.1) is 0 Å². The second-order valence-corrected chi connectivity index (χ2v) is 11.1. The highest BCUT2D eigenvalue weighted by Crippen LogP contribution is 2.37. The van der Waals surface area contributed by atoms with Crippen LogP contribution in [-0.4, -0.2) is 47.9 Å². The topological polar surface area (TPSA) is 109 Å². The first-order valence-electron chi connectivity index (χ1n) is 9.12. The number of hydrogen-bond acceptors (Lipinski definition) is 8. The average molecular weight is 455 g/mol. The highest BCUT2D eigenvalue weighted by atomic mass is 32.2. The van der Waals surface area contributed by atoms with Crippen molar-refractivity contribution < 1.29 is 18.0 Å². The molecule has 1 aliphatic carbocycles. The summed E-state index contributed by atoms with van der Waals surface area (Å²) in [4.78, 5) is 26.6. The van der Waals surface area contributed by atoms with Crippen LogP contribution >= 0.6 is 23.1 Å². The summed E-state index contributed by atoms with van der Waals surface area (Å²) < 4.78 is 25.5. The first kappa shape index (κ1) is 21.7. The molecule has 0 radical (unpaired) electrons. The Morgan fingerprint density at radius 3 is 2.48 bits per heavy atom. The molecule has 3 rings (SSSR count). The molecule has 0 aliphatic heterocycles. The van der Waals surface area contributed by atoms with Crippen LogP contribution in [0.25, 0.3) is 0 Å². The van der Waals surface area contributed by atoms with Gasteiger partial charge in [0.1, 0.15) is 0 Å². The Bertz CT molecular complexity index is 1000. The number of rotatable bonds is 9. The summed E-state index contributed by atoms with van der Waals surface area (Å²) in [6.45, 7) is 3.61. The SMILES string of the molecule is CCC(=O)N(c1nnc(S[C@H](C)C(=O)c2ccc(NS(C)(=O)=O)cc2)s1)C1CC1. The quantitative estimate of drug-likeness (QED) is 0.352. The van der Waals surface area contributed by atoms with E-state index in [2.05, 4.69) is 14.9 Å². The average Bonchev–Trinajstić information content (AvgIpc) is 3.39. The van der Waals surface area contributed by atoms with E-state index in [0.717, 1.165) is 19.1 Å². The third kappa shape index (κ3) is 5.77. The number of aromatic nitrogens is 2. The van der Waals surface area contributed by atoms with Gasteiger partial charge in [0.05, 0.1) is 11.5 Å². The molecule has 0 spiro atoms. The molecule has 156 valence electrons. The van der Waals surface area contributed by atoms with E-state index in [4.69, 9.17) is 0 Å². The van der Waals surface area contributed by atoms with Crippen LogP contribution in [0.4, 0.5) is 10.8 Å². The van der Waals surface area contributed by atoms with Crippen LogP contribution in [0.5, 0.6) is 0 Å². The van der Waals surface area contributed by atoms with Gasteiger partial charge in [0, 0.05) is 23.7 Å². The second kappa shape index (κ2) is 8.80. The van der Waals surface area contributed by atoms with Crippen LogP contribution in [0.1, 0.15) is 43.5 Å². The molecule has 0 unspecified atom stereocenters. The molecule has 0 bridgehead atoms. The fourth-order valence-electron chi connectivity index (χ4n) is 2.67. The lowest BCUT2D eigenvalue weighted by molar-refractivity contribution is -0.118. The van der Waals surface area contributed by atoms with Gasteiger partial charge in [0.25, 0.3) is 0 Å². The number of nitrogens with zero attached hydrogens (tertiary/aromatic N) is 3. The van der Waals surface area contributed by atoms with Gasteiger partial charge in [-0.15, -0.1) is 10.2 Å². The third-order valence-electron chi connectivity index (χ3n) is 4.20. The number of Topliss-reactive ketones (excluding diaryl/α,β-unsaturated/α-hetero) is 1. The number of carbonyl (C=O) groups is 2. The van der Waals surface area contributed by atoms with Gasteiger partial charge < -0.3 is 0 Å². The standard InChI is InChI=1S/C18H22N4O4S3/c1-4-15(23)22(14-9-10-14)17-19-20-18(28-17)27-11(2)16(24)12-5-7-13(8-6-12)21-29(3,25)26/h5-8,11,14,21H,4,9-10H2,1-3H3/t11-/m1/s1. The van der Waals surface area contributed by atoms with E-state index >= 15 is 0 Å². The van der Waals surface area contributed by atoms with Crippen LogP contribution in [-0.2, 0) is 14.8 Å². The Morgan fingerprint density at radius 1 is 1.28 bits per heavy atom. The maximum Gasteiger partial charge on any atom is 0.229 e. The van der Waals surface area contributed by atoms with Crippen molar-refractivity contribution in [3.05, 3.63) is 29.8 Å². The van der Waals surface area contributed by atoms with E-state index in [1.807, 2.05) is 6.92 Å². The van der Waals surface area contributed by atoms with Crippen LogP contribution in [0.3, 0.4) is 0 Å². The third-order valence-corrected chi connectivity index (χ3v) is 6.92. The Balaban J connectivity index is 1.65. The molecule has 2 aromatic rings. The fourth-order valence-corrected chi connectivity index (χ4v) is 5.39. The van der Waals surface area contributed by atoms with E-state index in [9.17, 15) is 18.0 Å². The van der Waals surface area contributed by atoms with Gasteiger partial charge in [0.2, 0.25) is 21.1 Å². The fraction of sp³-hybridized carbons (Fsp3) is 0.444. The first-order chi connectivity index (χ1) is 13.7. The molecule has 1 aliphatic rings. The van der Waals surface area contributed by atoms with Crippen molar-refractivity contribution in [2.24, 2.45) is 0 Å². The summed E-state index contributed by atoms with van der Waals surface area (Å²) in [6.07, 6.45) is 3.44. The second-order valence-electron chi connectivity index (χ2n) is 6.77. The smallest absolute Gasteiger partial charge is 0.229 e. The van der Waals surface area contributed by atoms with Crippen molar-refractivity contribution in [2.75, 3.05) is 15.9 Å². The van der Waals surface area contributed by atoms with Gasteiger partial charge in [-0.05, 0) is 44.0 Å². The number of ketones is 1. The Hall–Kier alpha value is -1.98. The summed E-state index contributed by atoms with van der Waals surface area (Å²) in [5.74, 6) is -0.0616. The molecule has 1 N–H and O–H groups in total. The van der Waals surface area contributed by atoms with Crippen molar-refractivity contribution in [1.82, 2.24) is 10.2 Å². The minimum atomic E-state index is -3.36.